The minimum Gasteiger partial charge on any atom is -0.466 e. The van der Waals surface area contributed by atoms with Gasteiger partial charge in [0.05, 0.1) is 24.4 Å². The van der Waals surface area contributed by atoms with Crippen molar-refractivity contribution in [3.05, 3.63) is 54.4 Å². The van der Waals surface area contributed by atoms with Crippen LogP contribution in [-0.2, 0) is 9.53 Å². The fraction of sp³-hybridized carbons (Fsp3) is 0.333. The Kier molecular flexibility index (Phi) is 6.01. The molecule has 1 aromatic carbocycles. The van der Waals surface area contributed by atoms with Crippen LogP contribution in [0, 0.1) is 5.92 Å². The lowest BCUT2D eigenvalue weighted by Gasteiger charge is -2.24. The molecule has 134 valence electrons. The van der Waals surface area contributed by atoms with Gasteiger partial charge in [0.25, 0.3) is 0 Å². The highest BCUT2D eigenvalue weighted by atomic mass is 19.4. The Bertz CT molecular complexity index is 687. The van der Waals surface area contributed by atoms with Gasteiger partial charge >= 0.3 is 12.1 Å². The molecule has 2 atom stereocenters. The summed E-state index contributed by atoms with van der Waals surface area (Å²) >= 11 is 0. The van der Waals surface area contributed by atoms with Crippen LogP contribution in [0.1, 0.15) is 25.5 Å². The summed E-state index contributed by atoms with van der Waals surface area (Å²) in [4.78, 5) is 15.6. The number of nitrogens with zero attached hydrogens (tertiary/aromatic N) is 1. The molecule has 0 spiro atoms. The Labute approximate surface area is 143 Å². The Balaban J connectivity index is 2.22. The zero-order valence-electron chi connectivity index (χ0n) is 13.8. The SMILES string of the molecule is CCOC(=O)C(C)C(c1ccc(Oc2ccccc2)cn1)C(F)(F)F. The van der Waals surface area contributed by atoms with E-state index in [4.69, 9.17) is 9.47 Å². The molecule has 0 radical (unpaired) electrons. The number of carbonyl (C=O) groups excluding carboxylic acids is 1. The molecule has 2 rings (SSSR count). The summed E-state index contributed by atoms with van der Waals surface area (Å²) in [6, 6.07) is 11.4. The Morgan fingerprint density at radius 3 is 2.32 bits per heavy atom. The number of benzene rings is 1. The van der Waals surface area contributed by atoms with E-state index in [2.05, 4.69) is 4.98 Å². The second kappa shape index (κ2) is 8.00. The van der Waals surface area contributed by atoms with Crippen molar-refractivity contribution in [2.75, 3.05) is 6.61 Å². The zero-order valence-corrected chi connectivity index (χ0v) is 13.8. The summed E-state index contributed by atoms with van der Waals surface area (Å²) in [5, 5.41) is 0. The summed E-state index contributed by atoms with van der Waals surface area (Å²) in [6.45, 7) is 2.75. The summed E-state index contributed by atoms with van der Waals surface area (Å²) in [5.74, 6) is -3.49. The summed E-state index contributed by atoms with van der Waals surface area (Å²) in [5.41, 5.74) is -0.256. The van der Waals surface area contributed by atoms with Gasteiger partial charge in [0.2, 0.25) is 0 Å². The number of aromatic nitrogens is 1. The van der Waals surface area contributed by atoms with Crippen molar-refractivity contribution in [1.82, 2.24) is 4.98 Å². The van der Waals surface area contributed by atoms with Crippen LogP contribution in [0.2, 0.25) is 0 Å². The first-order valence-electron chi connectivity index (χ1n) is 7.75. The molecule has 0 aliphatic carbocycles. The van der Waals surface area contributed by atoms with Crippen molar-refractivity contribution >= 4 is 5.97 Å². The van der Waals surface area contributed by atoms with Crippen molar-refractivity contribution in [2.45, 2.75) is 25.9 Å². The maximum absolute atomic E-state index is 13.4. The molecule has 2 unspecified atom stereocenters. The molecule has 0 aliphatic heterocycles. The number of halogens is 3. The fourth-order valence-corrected chi connectivity index (χ4v) is 2.38. The van der Waals surface area contributed by atoms with Gasteiger partial charge in [-0.05, 0) is 31.2 Å². The number of pyridine rings is 1. The van der Waals surface area contributed by atoms with Crippen LogP contribution in [0.15, 0.2) is 48.7 Å². The third kappa shape index (κ3) is 4.95. The van der Waals surface area contributed by atoms with Gasteiger partial charge in [-0.15, -0.1) is 0 Å². The summed E-state index contributed by atoms with van der Waals surface area (Å²) in [6.07, 6.45) is -3.42. The number of hydrogen-bond acceptors (Lipinski definition) is 4. The Hall–Kier alpha value is -2.57. The largest absolute Gasteiger partial charge is 0.466 e. The minimum atomic E-state index is -4.62. The smallest absolute Gasteiger partial charge is 0.398 e. The van der Waals surface area contributed by atoms with Crippen LogP contribution >= 0.6 is 0 Å². The van der Waals surface area contributed by atoms with E-state index in [0.717, 1.165) is 0 Å². The van der Waals surface area contributed by atoms with Gasteiger partial charge in [0, 0.05) is 0 Å². The number of ether oxygens (including phenoxy) is 2. The van der Waals surface area contributed by atoms with Gasteiger partial charge in [0.1, 0.15) is 17.4 Å². The van der Waals surface area contributed by atoms with Crippen LogP contribution in [0.5, 0.6) is 11.5 Å². The van der Waals surface area contributed by atoms with E-state index >= 15 is 0 Å². The normalized spacial score (nSPS) is 13.8. The van der Waals surface area contributed by atoms with Crippen molar-refractivity contribution in [2.24, 2.45) is 5.92 Å². The number of carbonyl (C=O) groups is 1. The monoisotopic (exact) mass is 353 g/mol. The molecule has 0 fully saturated rings. The molecule has 0 aliphatic rings. The van der Waals surface area contributed by atoms with Crippen LogP contribution in [-0.4, -0.2) is 23.7 Å². The van der Waals surface area contributed by atoms with Crippen LogP contribution in [0.4, 0.5) is 13.2 Å². The van der Waals surface area contributed by atoms with Gasteiger partial charge in [-0.3, -0.25) is 9.78 Å². The standard InChI is InChI=1S/C18H18F3NO3/c1-3-24-17(23)12(2)16(18(19,20)21)15-10-9-14(11-22-15)25-13-7-5-4-6-8-13/h4-12,16H,3H2,1-2H3. The lowest BCUT2D eigenvalue weighted by atomic mass is 9.90. The average molecular weight is 353 g/mol. The molecule has 1 heterocycles. The predicted molar refractivity (Wildman–Crippen MR) is 85.3 cm³/mol. The van der Waals surface area contributed by atoms with Crippen molar-refractivity contribution in [3.8, 4) is 11.5 Å². The number of alkyl halides is 3. The molecular formula is C18H18F3NO3. The van der Waals surface area contributed by atoms with E-state index in [9.17, 15) is 18.0 Å². The van der Waals surface area contributed by atoms with E-state index in [-0.39, 0.29) is 12.3 Å². The van der Waals surface area contributed by atoms with Gasteiger partial charge in [-0.25, -0.2) is 0 Å². The zero-order chi connectivity index (χ0) is 18.4. The summed E-state index contributed by atoms with van der Waals surface area (Å²) in [7, 11) is 0. The van der Waals surface area contributed by atoms with Crippen LogP contribution < -0.4 is 4.74 Å². The first-order valence-corrected chi connectivity index (χ1v) is 7.75. The third-order valence-corrected chi connectivity index (χ3v) is 3.57. The van der Waals surface area contributed by atoms with Gasteiger partial charge in [-0.1, -0.05) is 25.1 Å². The number of esters is 1. The van der Waals surface area contributed by atoms with Gasteiger partial charge in [-0.2, -0.15) is 13.2 Å². The molecule has 4 nitrogen and oxygen atoms in total. The maximum Gasteiger partial charge on any atom is 0.398 e. The Morgan fingerprint density at radius 2 is 1.80 bits per heavy atom. The average Bonchev–Trinajstić information content (AvgIpc) is 2.56. The topological polar surface area (TPSA) is 48.4 Å². The van der Waals surface area contributed by atoms with Crippen LogP contribution in [0.25, 0.3) is 0 Å². The highest BCUT2D eigenvalue weighted by molar-refractivity contribution is 5.73. The van der Waals surface area contributed by atoms with E-state index in [1.54, 1.807) is 31.2 Å². The summed E-state index contributed by atoms with van der Waals surface area (Å²) < 4.78 is 50.5. The van der Waals surface area contributed by atoms with E-state index in [1.807, 2.05) is 6.07 Å². The highest BCUT2D eigenvalue weighted by Gasteiger charge is 2.48. The molecule has 0 saturated heterocycles. The van der Waals surface area contributed by atoms with Gasteiger partial charge in [0.15, 0.2) is 0 Å². The van der Waals surface area contributed by atoms with Crippen molar-refractivity contribution in [1.29, 1.82) is 0 Å². The molecule has 0 bridgehead atoms. The van der Waals surface area contributed by atoms with Crippen molar-refractivity contribution in [3.63, 3.8) is 0 Å². The predicted octanol–water partition coefficient (Wildman–Crippen LogP) is 4.72. The van der Waals surface area contributed by atoms with Gasteiger partial charge < -0.3 is 9.47 Å². The molecule has 0 amide bonds. The number of para-hydroxylation sites is 1. The molecular weight excluding hydrogens is 335 g/mol. The number of hydrogen-bond donors (Lipinski definition) is 0. The van der Waals surface area contributed by atoms with E-state index < -0.39 is 24.0 Å². The second-order valence-corrected chi connectivity index (χ2v) is 5.39. The lowest BCUT2D eigenvalue weighted by molar-refractivity contribution is -0.177. The molecule has 0 saturated carbocycles. The molecule has 2 aromatic rings. The third-order valence-electron chi connectivity index (χ3n) is 3.57. The quantitative estimate of drug-likeness (QED) is 0.705. The Morgan fingerprint density at radius 1 is 1.12 bits per heavy atom. The maximum atomic E-state index is 13.4. The molecule has 0 N–H and O–H groups in total. The molecule has 25 heavy (non-hydrogen) atoms. The second-order valence-electron chi connectivity index (χ2n) is 5.39. The highest BCUT2D eigenvalue weighted by Crippen LogP contribution is 2.40. The first-order chi connectivity index (χ1) is 11.8. The first kappa shape index (κ1) is 18.8. The minimum absolute atomic E-state index is 0.0189. The number of rotatable bonds is 6. The fourth-order valence-electron chi connectivity index (χ4n) is 2.38. The van der Waals surface area contributed by atoms with Crippen LogP contribution in [0.3, 0.4) is 0 Å². The molecule has 7 heteroatoms. The lowest BCUT2D eigenvalue weighted by Crippen LogP contribution is -2.33. The van der Waals surface area contributed by atoms with E-state index in [0.29, 0.717) is 11.5 Å². The molecule has 1 aromatic heterocycles. The van der Waals surface area contributed by atoms with E-state index in [1.165, 1.54) is 25.3 Å². The van der Waals surface area contributed by atoms with Crippen molar-refractivity contribution < 1.29 is 27.4 Å².